The van der Waals surface area contributed by atoms with Crippen LogP contribution in [-0.2, 0) is 14.8 Å². The number of methoxy groups -OCH3 is 1. The molecule has 0 fully saturated rings. The Morgan fingerprint density at radius 3 is 2.50 bits per heavy atom. The van der Waals surface area contributed by atoms with Crippen LogP contribution in [0.2, 0.25) is 0 Å². The smallest absolute Gasteiger partial charge is 0.276 e. The monoisotopic (exact) mass is 405 g/mol. The second kappa shape index (κ2) is 8.63. The first-order chi connectivity index (χ1) is 13.2. The number of para-hydroxylation sites is 1. The van der Waals surface area contributed by atoms with Gasteiger partial charge >= 0.3 is 0 Å². The molecule has 0 heterocycles. The number of amides is 1. The van der Waals surface area contributed by atoms with Crippen molar-refractivity contribution in [2.45, 2.75) is 4.90 Å². The molecule has 0 radical (unpaired) electrons. The molecular weight excluding hydrogens is 386 g/mol. The number of benzene rings is 2. The Kier molecular flexibility index (Phi) is 6.49. The van der Waals surface area contributed by atoms with Gasteiger partial charge in [-0.3, -0.25) is 14.9 Å². The van der Waals surface area contributed by atoms with Crippen LogP contribution in [0.3, 0.4) is 0 Å². The maximum Gasteiger partial charge on any atom is 0.276 e. The molecule has 28 heavy (non-hydrogen) atoms. The molecule has 0 saturated heterocycles. The van der Waals surface area contributed by atoms with Crippen molar-refractivity contribution >= 4 is 33.4 Å². The molecule has 0 saturated carbocycles. The summed E-state index contributed by atoms with van der Waals surface area (Å²) in [7, 11) is 0.478. The number of rotatable bonds is 7. The number of hydrogen-bond acceptors (Lipinski definition) is 6. The first kappa shape index (κ1) is 21.1. The van der Waals surface area contributed by atoms with Gasteiger partial charge < -0.3 is 10.1 Å². The van der Waals surface area contributed by atoms with Gasteiger partial charge in [0.2, 0.25) is 15.9 Å². The lowest BCUT2D eigenvalue weighted by Crippen LogP contribution is -2.22. The second-order valence-corrected chi connectivity index (χ2v) is 7.94. The Bertz CT molecular complexity index is 1030. The van der Waals surface area contributed by atoms with E-state index in [4.69, 9.17) is 4.74 Å². The zero-order valence-corrected chi connectivity index (χ0v) is 16.3. The largest absolute Gasteiger partial charge is 0.495 e. The molecule has 0 aliphatic heterocycles. The van der Waals surface area contributed by atoms with E-state index < -0.39 is 20.9 Å². The van der Waals surface area contributed by atoms with E-state index in [1.54, 1.807) is 6.07 Å². The van der Waals surface area contributed by atoms with Gasteiger partial charge in [0.05, 0.1) is 28.2 Å². The molecule has 0 unspecified atom stereocenters. The van der Waals surface area contributed by atoms with Gasteiger partial charge in [-0.2, -0.15) is 0 Å². The number of nitro benzene ring substituents is 1. The fourth-order valence-electron chi connectivity index (χ4n) is 2.29. The van der Waals surface area contributed by atoms with Crippen LogP contribution in [0.4, 0.5) is 11.4 Å². The van der Waals surface area contributed by atoms with Crippen molar-refractivity contribution in [2.75, 3.05) is 26.5 Å². The fourth-order valence-corrected chi connectivity index (χ4v) is 3.22. The van der Waals surface area contributed by atoms with Crippen LogP contribution in [-0.4, -0.2) is 44.8 Å². The summed E-state index contributed by atoms with van der Waals surface area (Å²) in [5.41, 5.74) is 0.282. The molecule has 0 atom stereocenters. The molecule has 2 rings (SSSR count). The van der Waals surface area contributed by atoms with E-state index in [-0.39, 0.29) is 27.6 Å². The highest BCUT2D eigenvalue weighted by molar-refractivity contribution is 7.89. The quantitative estimate of drug-likeness (QED) is 0.429. The number of ether oxygens (including phenoxy) is 1. The normalized spacial score (nSPS) is 11.6. The Labute approximate surface area is 162 Å². The van der Waals surface area contributed by atoms with Crippen molar-refractivity contribution in [1.82, 2.24) is 4.31 Å². The lowest BCUT2D eigenvalue weighted by molar-refractivity contribution is -0.385. The first-order valence-corrected chi connectivity index (χ1v) is 9.44. The molecule has 0 aliphatic carbocycles. The van der Waals surface area contributed by atoms with Crippen LogP contribution in [0.5, 0.6) is 5.75 Å². The maximum absolute atomic E-state index is 12.3. The van der Waals surface area contributed by atoms with E-state index in [1.165, 1.54) is 63.7 Å². The van der Waals surface area contributed by atoms with Gasteiger partial charge in [-0.05, 0) is 30.3 Å². The number of sulfonamides is 1. The summed E-state index contributed by atoms with van der Waals surface area (Å²) in [5.74, 6) is -0.332. The van der Waals surface area contributed by atoms with Crippen LogP contribution in [0.15, 0.2) is 53.4 Å². The van der Waals surface area contributed by atoms with E-state index in [1.807, 2.05) is 0 Å². The molecule has 0 bridgehead atoms. The van der Waals surface area contributed by atoms with Gasteiger partial charge in [0.1, 0.15) is 5.75 Å². The van der Waals surface area contributed by atoms with Crippen molar-refractivity contribution < 1.29 is 22.9 Å². The number of nitrogens with one attached hydrogen (secondary N) is 1. The number of hydrogen-bond donors (Lipinski definition) is 1. The Balaban J connectivity index is 2.30. The molecule has 1 N–H and O–H groups in total. The molecule has 10 heteroatoms. The minimum Gasteiger partial charge on any atom is -0.495 e. The lowest BCUT2D eigenvalue weighted by Gasteiger charge is -2.14. The second-order valence-electron chi connectivity index (χ2n) is 5.79. The van der Waals surface area contributed by atoms with Gasteiger partial charge in [-0.1, -0.05) is 12.1 Å². The summed E-state index contributed by atoms with van der Waals surface area (Å²) in [6.45, 7) is 0. The highest BCUT2D eigenvalue weighted by Gasteiger charge is 2.19. The molecule has 1 amide bonds. The van der Waals surface area contributed by atoms with Crippen LogP contribution >= 0.6 is 0 Å². The third-order valence-corrected chi connectivity index (χ3v) is 5.57. The van der Waals surface area contributed by atoms with Crippen LogP contribution < -0.4 is 10.1 Å². The van der Waals surface area contributed by atoms with E-state index in [0.717, 1.165) is 10.4 Å². The maximum atomic E-state index is 12.3. The SMILES string of the molecule is COc1ccc(S(=O)(=O)N(C)C)cc1NC(=O)/C=C/c1ccccc1[N+](=O)[O-]. The minimum absolute atomic E-state index is 0.0173. The van der Waals surface area contributed by atoms with Crippen molar-refractivity contribution in [3.05, 3.63) is 64.2 Å². The van der Waals surface area contributed by atoms with Crippen LogP contribution in [0.25, 0.3) is 6.08 Å². The Hall–Kier alpha value is -3.24. The van der Waals surface area contributed by atoms with Crippen molar-refractivity contribution in [2.24, 2.45) is 0 Å². The van der Waals surface area contributed by atoms with Gasteiger partial charge in [0.15, 0.2) is 0 Å². The minimum atomic E-state index is -3.70. The summed E-state index contributed by atoms with van der Waals surface area (Å²) in [6.07, 6.45) is 2.43. The molecule has 2 aromatic carbocycles. The zero-order chi connectivity index (χ0) is 20.9. The summed E-state index contributed by atoms with van der Waals surface area (Å²) >= 11 is 0. The highest BCUT2D eigenvalue weighted by atomic mass is 32.2. The topological polar surface area (TPSA) is 119 Å². The molecule has 2 aromatic rings. The third kappa shape index (κ3) is 4.72. The highest BCUT2D eigenvalue weighted by Crippen LogP contribution is 2.28. The standard InChI is InChI=1S/C18H19N3O6S/c1-20(2)28(25,26)14-9-10-17(27-3)15(12-14)19-18(22)11-8-13-6-4-5-7-16(13)21(23)24/h4-12H,1-3H3,(H,19,22)/b11-8+. The summed E-state index contributed by atoms with van der Waals surface area (Å²) in [5, 5.41) is 13.5. The molecule has 0 aliphatic rings. The molecule has 148 valence electrons. The number of carbonyl (C=O) groups is 1. The third-order valence-electron chi connectivity index (χ3n) is 3.76. The molecule has 9 nitrogen and oxygen atoms in total. The van der Waals surface area contributed by atoms with Crippen molar-refractivity contribution in [3.8, 4) is 5.75 Å². The number of anilines is 1. The van der Waals surface area contributed by atoms with E-state index in [2.05, 4.69) is 5.32 Å². The Morgan fingerprint density at radius 2 is 1.89 bits per heavy atom. The van der Waals surface area contributed by atoms with Gasteiger partial charge in [0.25, 0.3) is 5.69 Å². The zero-order valence-electron chi connectivity index (χ0n) is 15.4. The molecule has 0 aromatic heterocycles. The lowest BCUT2D eigenvalue weighted by atomic mass is 10.1. The summed E-state index contributed by atoms with van der Waals surface area (Å²) in [4.78, 5) is 22.7. The van der Waals surface area contributed by atoms with E-state index in [0.29, 0.717) is 0 Å². The fraction of sp³-hybridized carbons (Fsp3) is 0.167. The predicted molar refractivity (Wildman–Crippen MR) is 105 cm³/mol. The van der Waals surface area contributed by atoms with Crippen LogP contribution in [0.1, 0.15) is 5.56 Å². The first-order valence-electron chi connectivity index (χ1n) is 8.00. The van der Waals surface area contributed by atoms with Crippen molar-refractivity contribution in [1.29, 1.82) is 0 Å². The van der Waals surface area contributed by atoms with Crippen molar-refractivity contribution in [3.63, 3.8) is 0 Å². The molecular formula is C18H19N3O6S. The van der Waals surface area contributed by atoms with Gasteiger partial charge in [-0.25, -0.2) is 12.7 Å². The van der Waals surface area contributed by atoms with Gasteiger partial charge in [-0.15, -0.1) is 0 Å². The Morgan fingerprint density at radius 1 is 1.21 bits per heavy atom. The molecule has 0 spiro atoms. The number of carbonyl (C=O) groups excluding carboxylic acids is 1. The van der Waals surface area contributed by atoms with Gasteiger partial charge in [0, 0.05) is 26.2 Å². The average molecular weight is 405 g/mol. The summed E-state index contributed by atoms with van der Waals surface area (Å²) in [6, 6.07) is 10.1. The van der Waals surface area contributed by atoms with E-state index in [9.17, 15) is 23.3 Å². The summed E-state index contributed by atoms with van der Waals surface area (Å²) < 4.78 is 30.8. The van der Waals surface area contributed by atoms with Crippen LogP contribution in [0, 0.1) is 10.1 Å². The van der Waals surface area contributed by atoms with E-state index >= 15 is 0 Å². The predicted octanol–water partition coefficient (Wildman–Crippen LogP) is 2.51. The average Bonchev–Trinajstić information content (AvgIpc) is 2.66. The number of nitro groups is 1. The number of nitrogens with zero attached hydrogens (tertiary/aromatic N) is 2.